The Bertz CT molecular complexity index is 615. The Labute approximate surface area is 102 Å². The number of aryl methyl sites for hydroxylation is 1. The number of pyridine rings is 1. The van der Waals surface area contributed by atoms with Crippen molar-refractivity contribution in [2.45, 2.75) is 0 Å². The fourth-order valence-electron chi connectivity index (χ4n) is 1.32. The van der Waals surface area contributed by atoms with Crippen LogP contribution in [0.15, 0.2) is 39.9 Å². The Balaban J connectivity index is 2.22. The lowest BCUT2D eigenvalue weighted by Crippen LogP contribution is -2.17. The van der Waals surface area contributed by atoms with Gasteiger partial charge in [-0.05, 0) is 23.7 Å². The van der Waals surface area contributed by atoms with E-state index in [2.05, 4.69) is 5.32 Å². The van der Waals surface area contributed by atoms with Gasteiger partial charge in [-0.3, -0.25) is 9.59 Å². The number of rotatable bonds is 2. The molecule has 2 aromatic rings. The topological polar surface area (TPSA) is 64.2 Å². The molecule has 2 heterocycles. The van der Waals surface area contributed by atoms with Gasteiger partial charge in [-0.2, -0.15) is 0 Å². The summed E-state index contributed by atoms with van der Waals surface area (Å²) in [6.07, 6.45) is 2.85. The first-order valence-corrected chi connectivity index (χ1v) is 5.17. The molecule has 2 rings (SSSR count). The highest BCUT2D eigenvalue weighted by Crippen LogP contribution is 2.17. The number of amides is 1. The second-order valence-electron chi connectivity index (χ2n) is 3.43. The largest absolute Gasteiger partial charge is 0.452 e. The molecule has 0 aliphatic carbocycles. The predicted octanol–water partition coefficient (Wildman–Crippen LogP) is 1.88. The van der Waals surface area contributed by atoms with Crippen LogP contribution < -0.4 is 10.9 Å². The maximum absolute atomic E-state index is 11.7. The number of nitrogens with zero attached hydrogens (tertiary/aromatic N) is 1. The van der Waals surface area contributed by atoms with Gasteiger partial charge in [0.2, 0.25) is 10.8 Å². The van der Waals surface area contributed by atoms with Crippen LogP contribution in [-0.4, -0.2) is 10.5 Å². The van der Waals surface area contributed by atoms with Crippen LogP contribution in [0.1, 0.15) is 10.4 Å². The zero-order chi connectivity index (χ0) is 12.4. The van der Waals surface area contributed by atoms with Crippen molar-refractivity contribution >= 4 is 23.2 Å². The predicted molar refractivity (Wildman–Crippen MR) is 63.4 cm³/mol. The van der Waals surface area contributed by atoms with Gasteiger partial charge >= 0.3 is 0 Å². The fourth-order valence-corrected chi connectivity index (χ4v) is 1.52. The Kier molecular flexibility index (Phi) is 3.01. The van der Waals surface area contributed by atoms with Gasteiger partial charge in [0.25, 0.3) is 5.91 Å². The summed E-state index contributed by atoms with van der Waals surface area (Å²) in [7, 11) is 1.60. The van der Waals surface area contributed by atoms with Gasteiger partial charge in [0.05, 0.1) is 17.5 Å². The molecule has 1 N–H and O–H groups in total. The van der Waals surface area contributed by atoms with Gasteiger partial charge in [0.15, 0.2) is 0 Å². The lowest BCUT2D eigenvalue weighted by Gasteiger charge is -2.05. The van der Waals surface area contributed by atoms with E-state index in [9.17, 15) is 9.59 Å². The lowest BCUT2D eigenvalue weighted by atomic mass is 10.3. The highest BCUT2D eigenvalue weighted by atomic mass is 35.5. The number of halogens is 1. The SMILES string of the molecule is Cn1cc(NC(=O)c2ccoc2Cl)ccc1=O. The average Bonchev–Trinajstić information content (AvgIpc) is 2.70. The molecule has 0 aromatic carbocycles. The zero-order valence-electron chi connectivity index (χ0n) is 8.94. The van der Waals surface area contributed by atoms with Gasteiger partial charge in [-0.1, -0.05) is 0 Å². The third-order valence-electron chi connectivity index (χ3n) is 2.21. The number of hydrogen-bond acceptors (Lipinski definition) is 3. The number of aromatic nitrogens is 1. The maximum Gasteiger partial charge on any atom is 0.260 e. The van der Waals surface area contributed by atoms with Gasteiger partial charge in [-0.25, -0.2) is 0 Å². The second-order valence-corrected chi connectivity index (χ2v) is 3.77. The Morgan fingerprint density at radius 1 is 1.41 bits per heavy atom. The first-order chi connectivity index (χ1) is 8.08. The first-order valence-electron chi connectivity index (χ1n) is 4.79. The van der Waals surface area contributed by atoms with E-state index in [0.29, 0.717) is 5.69 Å². The summed E-state index contributed by atoms with van der Waals surface area (Å²) < 4.78 is 6.18. The van der Waals surface area contributed by atoms with E-state index in [0.717, 1.165) is 0 Å². The van der Waals surface area contributed by atoms with Crippen LogP contribution in [0.4, 0.5) is 5.69 Å². The molecule has 0 saturated carbocycles. The molecular formula is C11H9ClN2O3. The van der Waals surface area contributed by atoms with E-state index >= 15 is 0 Å². The summed E-state index contributed by atoms with van der Waals surface area (Å²) in [6.45, 7) is 0. The van der Waals surface area contributed by atoms with Gasteiger partial charge in [0.1, 0.15) is 0 Å². The Morgan fingerprint density at radius 2 is 2.18 bits per heavy atom. The number of anilines is 1. The van der Waals surface area contributed by atoms with Crippen molar-refractivity contribution in [3.8, 4) is 0 Å². The van der Waals surface area contributed by atoms with Crippen LogP contribution in [0.3, 0.4) is 0 Å². The second kappa shape index (κ2) is 4.47. The maximum atomic E-state index is 11.7. The standard InChI is InChI=1S/C11H9ClN2O3/c1-14-6-7(2-3-9(14)15)13-11(16)8-4-5-17-10(8)12/h2-6H,1H3,(H,13,16). The van der Waals surface area contributed by atoms with Crippen LogP contribution in [0.25, 0.3) is 0 Å². The number of hydrogen-bond donors (Lipinski definition) is 1. The quantitative estimate of drug-likeness (QED) is 0.888. The van der Waals surface area contributed by atoms with E-state index < -0.39 is 0 Å². The van der Waals surface area contributed by atoms with Gasteiger partial charge in [0, 0.05) is 19.3 Å². The van der Waals surface area contributed by atoms with Crippen LogP contribution in [-0.2, 0) is 7.05 Å². The van der Waals surface area contributed by atoms with Crippen molar-refractivity contribution in [2.24, 2.45) is 7.05 Å². The molecule has 6 heteroatoms. The van der Waals surface area contributed by atoms with E-state index in [1.165, 1.54) is 35.2 Å². The van der Waals surface area contributed by atoms with Crippen LogP contribution in [0.5, 0.6) is 0 Å². The summed E-state index contributed by atoms with van der Waals surface area (Å²) in [6, 6.07) is 4.36. The molecule has 0 unspecified atom stereocenters. The molecule has 5 nitrogen and oxygen atoms in total. The number of carbonyl (C=O) groups excluding carboxylic acids is 1. The summed E-state index contributed by atoms with van der Waals surface area (Å²) in [5, 5.41) is 2.64. The average molecular weight is 253 g/mol. The molecule has 88 valence electrons. The molecule has 0 aliphatic heterocycles. The summed E-state index contributed by atoms with van der Waals surface area (Å²) in [4.78, 5) is 22.9. The molecular weight excluding hydrogens is 244 g/mol. The summed E-state index contributed by atoms with van der Waals surface area (Å²) >= 11 is 5.67. The minimum Gasteiger partial charge on any atom is -0.452 e. The smallest absolute Gasteiger partial charge is 0.260 e. The molecule has 1 amide bonds. The normalized spacial score (nSPS) is 10.2. The number of carbonyl (C=O) groups is 1. The molecule has 2 aromatic heterocycles. The van der Waals surface area contributed by atoms with Crippen LogP contribution >= 0.6 is 11.6 Å². The van der Waals surface area contributed by atoms with Crippen LogP contribution in [0.2, 0.25) is 5.22 Å². The molecule has 0 spiro atoms. The molecule has 0 aliphatic rings. The Morgan fingerprint density at radius 3 is 2.76 bits per heavy atom. The van der Waals surface area contributed by atoms with Crippen molar-refractivity contribution in [3.05, 3.63) is 51.8 Å². The third kappa shape index (κ3) is 2.39. The van der Waals surface area contributed by atoms with E-state index in [4.69, 9.17) is 16.0 Å². The highest BCUT2D eigenvalue weighted by molar-refractivity contribution is 6.32. The van der Waals surface area contributed by atoms with E-state index in [1.807, 2.05) is 0 Å². The van der Waals surface area contributed by atoms with Gasteiger partial charge in [-0.15, -0.1) is 0 Å². The molecule has 0 saturated heterocycles. The lowest BCUT2D eigenvalue weighted by molar-refractivity contribution is 0.102. The van der Waals surface area contributed by atoms with Crippen molar-refractivity contribution in [3.63, 3.8) is 0 Å². The molecule has 0 radical (unpaired) electrons. The van der Waals surface area contributed by atoms with Crippen molar-refractivity contribution in [2.75, 3.05) is 5.32 Å². The van der Waals surface area contributed by atoms with E-state index in [-0.39, 0.29) is 22.2 Å². The monoisotopic (exact) mass is 252 g/mol. The van der Waals surface area contributed by atoms with Crippen molar-refractivity contribution < 1.29 is 9.21 Å². The molecule has 0 atom stereocenters. The Hall–Kier alpha value is -2.01. The first kappa shape index (κ1) is 11.5. The summed E-state index contributed by atoms with van der Waals surface area (Å²) in [5.41, 5.74) is 0.610. The zero-order valence-corrected chi connectivity index (χ0v) is 9.69. The van der Waals surface area contributed by atoms with E-state index in [1.54, 1.807) is 7.05 Å². The fraction of sp³-hybridized carbons (Fsp3) is 0.0909. The number of furan rings is 1. The molecule has 0 fully saturated rings. The number of nitrogens with one attached hydrogen (secondary N) is 1. The molecule has 0 bridgehead atoms. The minimum absolute atomic E-state index is 0.0346. The van der Waals surface area contributed by atoms with Gasteiger partial charge < -0.3 is 14.3 Å². The van der Waals surface area contributed by atoms with Crippen LogP contribution in [0, 0.1) is 0 Å². The highest BCUT2D eigenvalue weighted by Gasteiger charge is 2.13. The molecule has 17 heavy (non-hydrogen) atoms. The third-order valence-corrected chi connectivity index (χ3v) is 2.50. The summed E-state index contributed by atoms with van der Waals surface area (Å²) in [5.74, 6) is -0.387. The van der Waals surface area contributed by atoms with Crippen molar-refractivity contribution in [1.29, 1.82) is 0 Å². The van der Waals surface area contributed by atoms with Crippen molar-refractivity contribution in [1.82, 2.24) is 4.57 Å². The minimum atomic E-state index is -0.387.